The molecule has 1 aliphatic heterocycles. The highest BCUT2D eigenvalue weighted by Gasteiger charge is 2.44. The van der Waals surface area contributed by atoms with Crippen LogP contribution in [0.5, 0.6) is 0 Å². The van der Waals surface area contributed by atoms with Crippen LogP contribution >= 0.6 is 22.9 Å². The highest BCUT2D eigenvalue weighted by Crippen LogP contribution is 2.42. The van der Waals surface area contributed by atoms with E-state index in [1.807, 2.05) is 38.1 Å². The van der Waals surface area contributed by atoms with Crippen molar-refractivity contribution in [2.24, 2.45) is 0 Å². The van der Waals surface area contributed by atoms with Crippen LogP contribution in [0.25, 0.3) is 11.0 Å². The number of fused-ring (bicyclic) bond motifs is 2. The number of carbonyl (C=O) groups excluding carboxylic acids is 1. The standard InChI is InChI=1S/C22H15ClN2O3S/c1-11-3-5-13(6-4-11)18-17-19(26)14-10-15(23)12(2)9-16(14)28-20(17)21(27)25(18)22-24-7-8-29-22/h3-10,18H,1-2H3. The third kappa shape index (κ3) is 2.71. The molecular weight excluding hydrogens is 408 g/mol. The molecule has 1 unspecified atom stereocenters. The van der Waals surface area contributed by atoms with Crippen LogP contribution in [0.1, 0.15) is 38.9 Å². The molecule has 4 aromatic rings. The fourth-order valence-electron chi connectivity index (χ4n) is 3.69. The minimum atomic E-state index is -0.607. The number of hydrogen-bond donors (Lipinski definition) is 0. The summed E-state index contributed by atoms with van der Waals surface area (Å²) in [5.74, 6) is -0.308. The van der Waals surface area contributed by atoms with E-state index in [-0.39, 0.29) is 17.1 Å². The minimum absolute atomic E-state index is 0.0602. The Labute approximate surface area is 175 Å². The van der Waals surface area contributed by atoms with E-state index in [2.05, 4.69) is 4.98 Å². The molecule has 0 aliphatic carbocycles. The van der Waals surface area contributed by atoms with Gasteiger partial charge in [0.05, 0.1) is 17.0 Å². The molecule has 0 spiro atoms. The molecule has 5 nitrogen and oxygen atoms in total. The summed E-state index contributed by atoms with van der Waals surface area (Å²) in [4.78, 5) is 32.7. The van der Waals surface area contributed by atoms with Gasteiger partial charge in [0, 0.05) is 16.6 Å². The first kappa shape index (κ1) is 18.1. The third-order valence-corrected chi connectivity index (χ3v) is 6.35. The van der Waals surface area contributed by atoms with Crippen molar-refractivity contribution >= 4 is 44.9 Å². The molecule has 144 valence electrons. The van der Waals surface area contributed by atoms with E-state index < -0.39 is 6.04 Å². The summed E-state index contributed by atoms with van der Waals surface area (Å²) in [5.41, 5.74) is 3.12. The van der Waals surface area contributed by atoms with Gasteiger partial charge in [0.1, 0.15) is 5.58 Å². The maximum atomic E-state index is 13.5. The number of rotatable bonds is 2. The number of amides is 1. The lowest BCUT2D eigenvalue weighted by molar-refractivity contribution is 0.0971. The Balaban J connectivity index is 1.84. The molecule has 3 heterocycles. The fraction of sp³-hybridized carbons (Fsp3) is 0.136. The largest absolute Gasteiger partial charge is 0.450 e. The van der Waals surface area contributed by atoms with Gasteiger partial charge in [-0.2, -0.15) is 0 Å². The smallest absolute Gasteiger partial charge is 0.297 e. The number of halogens is 1. The molecular formula is C22H15ClN2O3S. The van der Waals surface area contributed by atoms with E-state index in [0.29, 0.717) is 26.7 Å². The molecule has 1 amide bonds. The Morgan fingerprint density at radius 3 is 2.59 bits per heavy atom. The monoisotopic (exact) mass is 422 g/mol. The van der Waals surface area contributed by atoms with Gasteiger partial charge in [0.25, 0.3) is 5.91 Å². The van der Waals surface area contributed by atoms with Crippen LogP contribution in [0.4, 0.5) is 5.13 Å². The highest BCUT2D eigenvalue weighted by molar-refractivity contribution is 7.13. The van der Waals surface area contributed by atoms with E-state index in [9.17, 15) is 9.59 Å². The molecule has 7 heteroatoms. The first-order valence-electron chi connectivity index (χ1n) is 9.02. The molecule has 2 aromatic heterocycles. The molecule has 29 heavy (non-hydrogen) atoms. The number of carbonyl (C=O) groups is 1. The van der Waals surface area contributed by atoms with Crippen LogP contribution in [0.15, 0.2) is 57.2 Å². The number of anilines is 1. The minimum Gasteiger partial charge on any atom is -0.450 e. The van der Waals surface area contributed by atoms with Crippen molar-refractivity contribution in [1.29, 1.82) is 0 Å². The average molecular weight is 423 g/mol. The van der Waals surface area contributed by atoms with Crippen molar-refractivity contribution in [2.45, 2.75) is 19.9 Å². The van der Waals surface area contributed by atoms with Gasteiger partial charge in [-0.3, -0.25) is 14.5 Å². The Kier molecular flexibility index (Phi) is 4.08. The molecule has 0 saturated carbocycles. The zero-order chi connectivity index (χ0) is 20.3. The van der Waals surface area contributed by atoms with Crippen LogP contribution in [-0.4, -0.2) is 10.9 Å². The van der Waals surface area contributed by atoms with Crippen LogP contribution in [0.3, 0.4) is 0 Å². The van der Waals surface area contributed by atoms with E-state index in [4.69, 9.17) is 16.0 Å². The lowest BCUT2D eigenvalue weighted by Gasteiger charge is -2.22. The van der Waals surface area contributed by atoms with E-state index >= 15 is 0 Å². The van der Waals surface area contributed by atoms with Gasteiger partial charge in [-0.1, -0.05) is 41.4 Å². The van der Waals surface area contributed by atoms with Crippen LogP contribution < -0.4 is 10.3 Å². The summed E-state index contributed by atoms with van der Waals surface area (Å²) in [6.07, 6.45) is 1.64. The highest BCUT2D eigenvalue weighted by atomic mass is 35.5. The van der Waals surface area contributed by atoms with E-state index in [0.717, 1.165) is 16.7 Å². The zero-order valence-electron chi connectivity index (χ0n) is 15.6. The van der Waals surface area contributed by atoms with Crippen LogP contribution in [-0.2, 0) is 0 Å². The third-order valence-electron chi connectivity index (χ3n) is 5.17. The van der Waals surface area contributed by atoms with Gasteiger partial charge >= 0.3 is 0 Å². The lowest BCUT2D eigenvalue weighted by Crippen LogP contribution is -2.29. The van der Waals surface area contributed by atoms with Gasteiger partial charge < -0.3 is 4.42 Å². The number of thiazole rings is 1. The average Bonchev–Trinajstić information content (AvgIpc) is 3.31. The molecule has 1 aliphatic rings. The van der Waals surface area contributed by atoms with Crippen molar-refractivity contribution in [3.63, 3.8) is 0 Å². The molecule has 1 atom stereocenters. The Hall–Kier alpha value is -2.96. The summed E-state index contributed by atoms with van der Waals surface area (Å²) < 4.78 is 5.96. The number of benzene rings is 2. The molecule has 0 fully saturated rings. The fourth-order valence-corrected chi connectivity index (χ4v) is 4.52. The van der Waals surface area contributed by atoms with Crippen molar-refractivity contribution in [3.05, 3.63) is 91.2 Å². The molecule has 0 N–H and O–H groups in total. The summed E-state index contributed by atoms with van der Waals surface area (Å²) in [6.45, 7) is 3.82. The predicted molar refractivity (Wildman–Crippen MR) is 114 cm³/mol. The normalized spacial score (nSPS) is 15.9. The van der Waals surface area contributed by atoms with Gasteiger partial charge in [-0.25, -0.2) is 4.98 Å². The van der Waals surface area contributed by atoms with E-state index in [1.54, 1.807) is 23.7 Å². The van der Waals surface area contributed by atoms with Gasteiger partial charge in [0.2, 0.25) is 5.76 Å². The summed E-state index contributed by atoms with van der Waals surface area (Å²) >= 11 is 7.59. The van der Waals surface area contributed by atoms with Crippen molar-refractivity contribution in [2.75, 3.05) is 4.90 Å². The Bertz CT molecular complexity index is 1330. The first-order chi connectivity index (χ1) is 14.0. The molecule has 0 radical (unpaired) electrons. The van der Waals surface area contributed by atoms with Crippen LogP contribution in [0, 0.1) is 13.8 Å². The van der Waals surface area contributed by atoms with E-state index in [1.165, 1.54) is 16.2 Å². The number of hydrogen-bond acceptors (Lipinski definition) is 5. The SMILES string of the molecule is Cc1ccc(C2c3c(oc4cc(C)c(Cl)cc4c3=O)C(=O)N2c2nccs2)cc1. The van der Waals surface area contributed by atoms with Gasteiger partial charge in [-0.05, 0) is 37.1 Å². The van der Waals surface area contributed by atoms with Crippen molar-refractivity contribution in [1.82, 2.24) is 4.98 Å². The van der Waals surface area contributed by atoms with Crippen molar-refractivity contribution < 1.29 is 9.21 Å². The first-order valence-corrected chi connectivity index (χ1v) is 10.3. The Morgan fingerprint density at radius 1 is 1.14 bits per heavy atom. The molecule has 0 bridgehead atoms. The quantitative estimate of drug-likeness (QED) is 0.441. The zero-order valence-corrected chi connectivity index (χ0v) is 17.2. The van der Waals surface area contributed by atoms with Gasteiger partial charge in [0.15, 0.2) is 10.6 Å². The second-order valence-electron chi connectivity index (χ2n) is 7.07. The molecule has 5 rings (SSSR count). The lowest BCUT2D eigenvalue weighted by atomic mass is 9.97. The summed E-state index contributed by atoms with van der Waals surface area (Å²) in [6, 6.07) is 10.5. The maximum Gasteiger partial charge on any atom is 0.297 e. The topological polar surface area (TPSA) is 63.4 Å². The number of aryl methyl sites for hydroxylation is 2. The molecule has 2 aromatic carbocycles. The summed E-state index contributed by atoms with van der Waals surface area (Å²) in [5, 5.41) is 3.17. The Morgan fingerprint density at radius 2 is 1.90 bits per heavy atom. The van der Waals surface area contributed by atoms with Crippen LogP contribution in [0.2, 0.25) is 5.02 Å². The predicted octanol–water partition coefficient (Wildman–Crippen LogP) is 5.27. The number of nitrogens with zero attached hydrogens (tertiary/aromatic N) is 2. The van der Waals surface area contributed by atoms with Crippen molar-refractivity contribution in [3.8, 4) is 0 Å². The number of aromatic nitrogens is 1. The second-order valence-corrected chi connectivity index (χ2v) is 8.35. The van der Waals surface area contributed by atoms with Gasteiger partial charge in [-0.15, -0.1) is 11.3 Å². The molecule has 0 saturated heterocycles. The maximum absolute atomic E-state index is 13.5. The second kappa shape index (κ2) is 6.54. The summed E-state index contributed by atoms with van der Waals surface area (Å²) in [7, 11) is 0.